The number of aliphatic hydroxyl groups is 1. The van der Waals surface area contributed by atoms with Crippen LogP contribution in [0, 0.1) is 0 Å². The highest BCUT2D eigenvalue weighted by Crippen LogP contribution is 2.25. The third-order valence-corrected chi connectivity index (χ3v) is 1.12. The van der Waals surface area contributed by atoms with Crippen LogP contribution < -0.4 is 0 Å². The molecule has 0 unspecified atom stereocenters. The van der Waals surface area contributed by atoms with Gasteiger partial charge in [0.15, 0.2) is 5.60 Å². The first-order chi connectivity index (χ1) is 4.65. The van der Waals surface area contributed by atoms with E-state index < -0.39 is 23.9 Å². The fourth-order valence-corrected chi connectivity index (χ4v) is 0.680. The summed E-state index contributed by atoms with van der Waals surface area (Å²) in [6, 6.07) is 0. The van der Waals surface area contributed by atoms with Crippen LogP contribution in [0.4, 0.5) is 8.78 Å². The fourth-order valence-electron chi connectivity index (χ4n) is 0.680. The van der Waals surface area contributed by atoms with Crippen molar-refractivity contribution < 1.29 is 23.8 Å². The van der Waals surface area contributed by atoms with Crippen molar-refractivity contribution in [2.75, 3.05) is 0 Å². The van der Waals surface area contributed by atoms with Gasteiger partial charge in [-0.1, -0.05) is 0 Å². The summed E-state index contributed by atoms with van der Waals surface area (Å²) in [4.78, 5) is 10.1. The van der Waals surface area contributed by atoms with Crippen LogP contribution in [-0.2, 0) is 4.79 Å². The molecule has 0 radical (unpaired) electrons. The molecular weight excluding hydrogens is 158 g/mol. The molecule has 0 fully saturated rings. The fraction of sp³-hybridized carbons (Fsp3) is 0.833. The summed E-state index contributed by atoms with van der Waals surface area (Å²) >= 11 is 0. The van der Waals surface area contributed by atoms with Crippen molar-refractivity contribution in [3.8, 4) is 0 Å². The lowest BCUT2D eigenvalue weighted by Gasteiger charge is -2.21. The Hall–Kier alpha value is -0.710. The molecule has 0 aliphatic heterocycles. The van der Waals surface area contributed by atoms with Gasteiger partial charge in [-0.25, -0.2) is 13.6 Å². The normalized spacial score (nSPS) is 17.5. The summed E-state index contributed by atoms with van der Waals surface area (Å²) in [7, 11) is 0. The molecule has 0 saturated heterocycles. The van der Waals surface area contributed by atoms with E-state index in [9.17, 15) is 13.6 Å². The Morgan fingerprint density at radius 3 is 1.91 bits per heavy atom. The Morgan fingerprint density at radius 2 is 1.82 bits per heavy atom. The molecule has 1 atom stereocenters. The van der Waals surface area contributed by atoms with E-state index in [0.717, 1.165) is 6.92 Å². The lowest BCUT2D eigenvalue weighted by Crippen LogP contribution is -2.39. The van der Waals surface area contributed by atoms with Crippen LogP contribution in [0.2, 0.25) is 0 Å². The quantitative estimate of drug-likeness (QED) is 0.657. The first kappa shape index (κ1) is 10.3. The molecule has 5 heteroatoms. The van der Waals surface area contributed by atoms with Gasteiger partial charge in [-0.3, -0.25) is 0 Å². The molecule has 66 valence electrons. The van der Waals surface area contributed by atoms with E-state index in [1.807, 2.05) is 0 Å². The zero-order valence-corrected chi connectivity index (χ0v) is 6.27. The summed E-state index contributed by atoms with van der Waals surface area (Å²) in [5.74, 6) is -4.80. The summed E-state index contributed by atoms with van der Waals surface area (Å²) < 4.78 is 24.3. The van der Waals surface area contributed by atoms with Crippen molar-refractivity contribution in [3.05, 3.63) is 0 Å². The van der Waals surface area contributed by atoms with Gasteiger partial charge in [0, 0.05) is 0 Å². The van der Waals surface area contributed by atoms with Gasteiger partial charge in [-0.2, -0.15) is 0 Å². The van der Waals surface area contributed by atoms with E-state index >= 15 is 0 Å². The van der Waals surface area contributed by atoms with Gasteiger partial charge in [-0.15, -0.1) is 0 Å². The molecule has 0 aromatic rings. The highest BCUT2D eigenvalue weighted by atomic mass is 19.3. The van der Waals surface area contributed by atoms with Crippen LogP contribution >= 0.6 is 0 Å². The molecular formula is C6H10F2O3. The van der Waals surface area contributed by atoms with E-state index in [2.05, 4.69) is 0 Å². The molecule has 2 N–H and O–H groups in total. The SMILES string of the molecule is CC(F)(F)C[C@](C)(O)C(=O)O. The molecule has 0 aliphatic carbocycles. The molecule has 0 amide bonds. The Balaban J connectivity index is 4.25. The first-order valence-electron chi connectivity index (χ1n) is 2.99. The van der Waals surface area contributed by atoms with Crippen molar-refractivity contribution >= 4 is 5.97 Å². The highest BCUT2D eigenvalue weighted by Gasteiger charge is 2.39. The van der Waals surface area contributed by atoms with Crippen LogP contribution in [0.5, 0.6) is 0 Å². The Kier molecular flexibility index (Phi) is 2.55. The number of carboxylic acid groups (broad SMARTS) is 1. The van der Waals surface area contributed by atoms with E-state index in [1.54, 1.807) is 0 Å². The number of alkyl halides is 2. The second-order valence-electron chi connectivity index (χ2n) is 2.83. The van der Waals surface area contributed by atoms with Gasteiger partial charge in [0.05, 0.1) is 6.42 Å². The maximum Gasteiger partial charge on any atom is 0.335 e. The van der Waals surface area contributed by atoms with Gasteiger partial charge >= 0.3 is 5.97 Å². The van der Waals surface area contributed by atoms with Gasteiger partial charge in [-0.05, 0) is 13.8 Å². The molecule has 0 spiro atoms. The molecule has 11 heavy (non-hydrogen) atoms. The van der Waals surface area contributed by atoms with Crippen LogP contribution in [0.15, 0.2) is 0 Å². The highest BCUT2D eigenvalue weighted by molar-refractivity contribution is 5.76. The van der Waals surface area contributed by atoms with E-state index in [0.29, 0.717) is 6.92 Å². The zero-order chi connectivity index (χ0) is 9.28. The Bertz CT molecular complexity index is 160. The first-order valence-corrected chi connectivity index (χ1v) is 2.99. The molecule has 0 aliphatic rings. The van der Waals surface area contributed by atoms with E-state index in [1.165, 1.54) is 0 Å². The van der Waals surface area contributed by atoms with Crippen molar-refractivity contribution in [2.24, 2.45) is 0 Å². The summed E-state index contributed by atoms with van der Waals surface area (Å²) in [6.45, 7) is 1.40. The smallest absolute Gasteiger partial charge is 0.335 e. The minimum absolute atomic E-state index is 0.560. The summed E-state index contributed by atoms with van der Waals surface area (Å²) in [5, 5.41) is 17.1. The Labute approximate surface area is 62.6 Å². The standard InChI is InChI=1S/C6H10F2O3/c1-5(11,4(9)10)3-6(2,7)8/h11H,3H2,1-2H3,(H,9,10)/t5-/m0/s1. The summed E-state index contributed by atoms with van der Waals surface area (Å²) in [6.07, 6.45) is -1.07. The van der Waals surface area contributed by atoms with Crippen molar-refractivity contribution in [1.82, 2.24) is 0 Å². The van der Waals surface area contributed by atoms with Gasteiger partial charge in [0.2, 0.25) is 5.92 Å². The minimum atomic E-state index is -3.16. The molecule has 0 aromatic heterocycles. The van der Waals surface area contributed by atoms with Gasteiger partial charge < -0.3 is 10.2 Å². The second-order valence-corrected chi connectivity index (χ2v) is 2.83. The van der Waals surface area contributed by atoms with Gasteiger partial charge in [0.1, 0.15) is 0 Å². The van der Waals surface area contributed by atoms with E-state index in [-0.39, 0.29) is 0 Å². The molecule has 3 nitrogen and oxygen atoms in total. The number of hydrogen-bond acceptors (Lipinski definition) is 2. The van der Waals surface area contributed by atoms with Crippen LogP contribution in [0.25, 0.3) is 0 Å². The average Bonchev–Trinajstić information content (AvgIpc) is 1.56. The third-order valence-electron chi connectivity index (χ3n) is 1.12. The predicted molar refractivity (Wildman–Crippen MR) is 33.5 cm³/mol. The molecule has 0 bridgehead atoms. The number of halogens is 2. The Morgan fingerprint density at radius 1 is 1.45 bits per heavy atom. The number of carbonyl (C=O) groups is 1. The maximum absolute atomic E-state index is 12.2. The van der Waals surface area contributed by atoms with Crippen molar-refractivity contribution in [3.63, 3.8) is 0 Å². The van der Waals surface area contributed by atoms with Crippen molar-refractivity contribution in [1.29, 1.82) is 0 Å². The van der Waals surface area contributed by atoms with Crippen LogP contribution in [-0.4, -0.2) is 27.7 Å². The number of rotatable bonds is 3. The number of hydrogen-bond donors (Lipinski definition) is 2. The number of aliphatic carboxylic acids is 1. The number of carboxylic acids is 1. The topological polar surface area (TPSA) is 57.5 Å². The lowest BCUT2D eigenvalue weighted by atomic mass is 9.99. The largest absolute Gasteiger partial charge is 0.479 e. The van der Waals surface area contributed by atoms with Crippen LogP contribution in [0.1, 0.15) is 20.3 Å². The maximum atomic E-state index is 12.2. The monoisotopic (exact) mass is 168 g/mol. The molecule has 0 heterocycles. The van der Waals surface area contributed by atoms with Crippen molar-refractivity contribution in [2.45, 2.75) is 31.8 Å². The second kappa shape index (κ2) is 2.73. The minimum Gasteiger partial charge on any atom is -0.479 e. The lowest BCUT2D eigenvalue weighted by molar-refractivity contribution is -0.165. The van der Waals surface area contributed by atoms with Gasteiger partial charge in [0.25, 0.3) is 0 Å². The predicted octanol–water partition coefficient (Wildman–Crippen LogP) is 0.867. The third kappa shape index (κ3) is 3.87. The summed E-state index contributed by atoms with van der Waals surface area (Å²) in [5.41, 5.74) is -2.35. The molecule has 0 saturated carbocycles. The van der Waals surface area contributed by atoms with E-state index in [4.69, 9.17) is 10.2 Å². The van der Waals surface area contributed by atoms with Crippen LogP contribution in [0.3, 0.4) is 0 Å². The average molecular weight is 168 g/mol. The zero-order valence-electron chi connectivity index (χ0n) is 6.27. The molecule has 0 rings (SSSR count). The molecule has 0 aromatic carbocycles.